The Labute approximate surface area is 261 Å². The van der Waals surface area contributed by atoms with E-state index in [1.165, 1.54) is 6.92 Å². The molecule has 6 aliphatic rings. The molecule has 0 aromatic rings. The molecule has 4 saturated heterocycles. The van der Waals surface area contributed by atoms with Gasteiger partial charge in [0.25, 0.3) is 0 Å². The molecule has 0 aromatic carbocycles. The summed E-state index contributed by atoms with van der Waals surface area (Å²) < 4.78 is 35.1. The van der Waals surface area contributed by atoms with E-state index in [0.717, 1.165) is 0 Å². The van der Waals surface area contributed by atoms with Crippen LogP contribution in [0.5, 0.6) is 0 Å². The average molecular weight is 652 g/mol. The van der Waals surface area contributed by atoms with E-state index in [-0.39, 0.29) is 36.1 Å². The average Bonchev–Trinajstić information content (AvgIpc) is 2.99. The fourth-order valence-corrected chi connectivity index (χ4v) is 8.59. The topological polar surface area (TPSA) is 241 Å². The first-order valence-corrected chi connectivity index (χ1v) is 16.4. The number of hydrogen-bond acceptors (Lipinski definition) is 14. The molecule has 6 fully saturated rings. The maximum Gasteiger partial charge on any atom is 0.187 e. The molecule has 2 saturated carbocycles. The van der Waals surface area contributed by atoms with Crippen molar-refractivity contribution in [1.82, 2.24) is 0 Å². The highest BCUT2D eigenvalue weighted by atomic mass is 16.7. The van der Waals surface area contributed by atoms with E-state index in [0.29, 0.717) is 38.5 Å². The Bertz CT molecular complexity index is 989. The molecule has 0 amide bonds. The van der Waals surface area contributed by atoms with E-state index in [1.807, 2.05) is 6.92 Å². The number of ether oxygens (including phenoxy) is 6. The molecule has 0 radical (unpaired) electrons. The minimum Gasteiger partial charge on any atom is -0.427 e. The van der Waals surface area contributed by atoms with Crippen molar-refractivity contribution in [3.63, 3.8) is 0 Å². The first kappa shape index (κ1) is 34.3. The third-order valence-electron chi connectivity index (χ3n) is 11.0. The van der Waals surface area contributed by atoms with Gasteiger partial charge in [-0.15, -0.1) is 0 Å². The van der Waals surface area contributed by atoms with Crippen LogP contribution in [-0.2, 0) is 23.7 Å². The maximum absolute atomic E-state index is 11.0. The lowest BCUT2D eigenvalue weighted by Crippen LogP contribution is -2.67. The second-order valence-corrected chi connectivity index (χ2v) is 14.1. The van der Waals surface area contributed by atoms with E-state index in [2.05, 4.69) is 0 Å². The van der Waals surface area contributed by atoms with Crippen LogP contribution in [0, 0.1) is 17.8 Å². The molecule has 10 N–H and O–H groups in total. The van der Waals surface area contributed by atoms with Crippen molar-refractivity contribution >= 4 is 0 Å². The van der Waals surface area contributed by atoms with Gasteiger partial charge in [0.1, 0.15) is 48.8 Å². The molecule has 15 heteroatoms. The standard InChI is InChI=1S/C30H50O15/c1-10-5-14-20-17(41-10)7-13(31)8-18(20)43-27(12-3-4-15(32)16(33)6-12)28(14)45-30-26(39)24(37)22(35)19(44-30)9-40-29-25(38)23(36)21(34)11(2)42-29/h10-39H,3-9H2,1-2H3/p+1/t10?,11-,12?,13?,14?,15?,16?,17?,18?,19+,20?,21-,22+,23+,24-,25+,26+,27?,28?,29+,30-/m0/s1. The summed E-state index contributed by atoms with van der Waals surface area (Å²) in [4.78, 5) is 0. The Morgan fingerprint density at radius 1 is 0.689 bits per heavy atom. The highest BCUT2D eigenvalue weighted by Gasteiger charge is 2.61. The van der Waals surface area contributed by atoms with Gasteiger partial charge >= 0.3 is 0 Å². The van der Waals surface area contributed by atoms with Crippen molar-refractivity contribution in [3.8, 4) is 0 Å². The number of aliphatic hydroxyl groups is 11. The van der Waals surface area contributed by atoms with Gasteiger partial charge in [0.15, 0.2) is 24.8 Å². The van der Waals surface area contributed by atoms with Crippen LogP contribution >= 0.6 is 0 Å². The summed E-state index contributed by atoms with van der Waals surface area (Å²) in [5.41, 5.74) is 0. The van der Waals surface area contributed by atoms with Gasteiger partial charge in [-0.3, -0.25) is 0 Å². The zero-order chi connectivity index (χ0) is 32.3. The van der Waals surface area contributed by atoms with Crippen LogP contribution in [0.1, 0.15) is 52.4 Å². The maximum atomic E-state index is 11.0. The van der Waals surface area contributed by atoms with E-state index in [1.54, 1.807) is 0 Å². The predicted octanol–water partition coefficient (Wildman–Crippen LogP) is -3.61. The van der Waals surface area contributed by atoms with Gasteiger partial charge in [-0.25, -0.2) is 0 Å². The Morgan fingerprint density at radius 3 is 2.13 bits per heavy atom. The van der Waals surface area contributed by atoms with Crippen LogP contribution in [0.15, 0.2) is 0 Å². The Balaban J connectivity index is 1.22. The first-order chi connectivity index (χ1) is 21.3. The molecular weight excluding hydrogens is 600 g/mol. The molecule has 11 unspecified atom stereocenters. The minimum atomic E-state index is -1.68. The monoisotopic (exact) mass is 651 g/mol. The van der Waals surface area contributed by atoms with Crippen molar-refractivity contribution in [2.75, 3.05) is 6.61 Å². The molecule has 21 atom stereocenters. The lowest BCUT2D eigenvalue weighted by atomic mass is 9.64. The molecule has 45 heavy (non-hydrogen) atoms. The first-order valence-electron chi connectivity index (χ1n) is 16.4. The molecule has 4 aliphatic heterocycles. The van der Waals surface area contributed by atoms with E-state index >= 15 is 0 Å². The predicted molar refractivity (Wildman–Crippen MR) is 150 cm³/mol. The summed E-state index contributed by atoms with van der Waals surface area (Å²) in [5, 5.41) is 94.5. The van der Waals surface area contributed by atoms with Crippen LogP contribution in [0.25, 0.3) is 0 Å². The lowest BCUT2D eigenvalue weighted by Gasteiger charge is -2.55. The largest absolute Gasteiger partial charge is 0.427 e. The van der Waals surface area contributed by atoms with Crippen molar-refractivity contribution < 1.29 is 74.4 Å². The Morgan fingerprint density at radius 2 is 1.40 bits per heavy atom. The van der Waals surface area contributed by atoms with Crippen LogP contribution in [0.3, 0.4) is 0 Å². The van der Waals surface area contributed by atoms with Crippen molar-refractivity contribution in [2.45, 2.75) is 163 Å². The zero-order valence-electron chi connectivity index (χ0n) is 25.6. The third kappa shape index (κ3) is 6.70. The fraction of sp³-hybridized carbons (Fsp3) is 1.00. The van der Waals surface area contributed by atoms with Gasteiger partial charge in [0, 0.05) is 24.7 Å². The van der Waals surface area contributed by atoms with Crippen molar-refractivity contribution in [3.05, 3.63) is 0 Å². The van der Waals surface area contributed by atoms with E-state index in [9.17, 15) is 46.0 Å². The summed E-state index contributed by atoms with van der Waals surface area (Å²) in [6.07, 6.45) is -15.4. The Hall–Kier alpha value is -0.600. The van der Waals surface area contributed by atoms with Crippen LogP contribution in [0.4, 0.5) is 0 Å². The molecule has 4 heterocycles. The summed E-state index contributed by atoms with van der Waals surface area (Å²) in [5.74, 6) is -0.333. The molecule has 15 nitrogen and oxygen atoms in total. The minimum absolute atomic E-state index is 0.0611. The second-order valence-electron chi connectivity index (χ2n) is 14.1. The SMILES string of the molecule is CC1CC2C(O[C@@H]3O[C@H](CO[C@@H]4O[C@@H](C)[C@H](O)[C@@H](O)[C@H]4O)[C@@H](O)[C@H](O)[C@H]3O)C(C3CCC(O)C(O)C3)[OH+]C3CC(O)CC(O1)C32. The Kier molecular flexibility index (Phi) is 10.5. The second kappa shape index (κ2) is 13.7. The molecule has 2 aliphatic carbocycles. The molecule has 0 aromatic heterocycles. The summed E-state index contributed by atoms with van der Waals surface area (Å²) in [6.45, 7) is 3.05. The van der Waals surface area contributed by atoms with Gasteiger partial charge in [0.05, 0.1) is 49.1 Å². The number of aliphatic hydroxyl groups excluding tert-OH is 9. The fourth-order valence-electron chi connectivity index (χ4n) is 8.59. The quantitative estimate of drug-likeness (QED) is 0.126. The van der Waals surface area contributed by atoms with Crippen LogP contribution in [-0.4, -0.2) is 168 Å². The number of rotatable bonds is 6. The van der Waals surface area contributed by atoms with Gasteiger partial charge in [-0.05, 0) is 39.5 Å². The highest BCUT2D eigenvalue weighted by molar-refractivity contribution is 5.05. The zero-order valence-corrected chi connectivity index (χ0v) is 25.6. The van der Waals surface area contributed by atoms with Crippen LogP contribution < -0.4 is 0 Å². The van der Waals surface area contributed by atoms with Gasteiger partial charge < -0.3 is 74.4 Å². The van der Waals surface area contributed by atoms with Crippen molar-refractivity contribution in [2.24, 2.45) is 17.8 Å². The normalized spacial score (nSPS) is 57.3. The molecule has 6 rings (SSSR count). The smallest absolute Gasteiger partial charge is 0.187 e. The molecule has 0 bridgehead atoms. The van der Waals surface area contributed by atoms with Crippen LogP contribution in [0.2, 0.25) is 0 Å². The molecule has 0 spiro atoms. The summed E-state index contributed by atoms with van der Waals surface area (Å²) in [7, 11) is 0. The van der Waals surface area contributed by atoms with Gasteiger partial charge in [-0.1, -0.05) is 0 Å². The summed E-state index contributed by atoms with van der Waals surface area (Å²) in [6, 6.07) is 0. The molecule has 260 valence electrons. The lowest BCUT2D eigenvalue weighted by molar-refractivity contribution is -0.382. The third-order valence-corrected chi connectivity index (χ3v) is 11.0. The number of hydrogen-bond donors (Lipinski definition) is 9. The van der Waals surface area contributed by atoms with E-state index in [4.69, 9.17) is 28.4 Å². The van der Waals surface area contributed by atoms with Gasteiger partial charge in [-0.2, -0.15) is 0 Å². The molecular formula is C30H51O15+. The van der Waals surface area contributed by atoms with E-state index < -0.39 is 98.5 Å². The van der Waals surface area contributed by atoms with Crippen molar-refractivity contribution in [1.29, 1.82) is 0 Å². The highest BCUT2D eigenvalue weighted by Crippen LogP contribution is 2.50. The summed E-state index contributed by atoms with van der Waals surface area (Å²) >= 11 is 0. The van der Waals surface area contributed by atoms with Gasteiger partial charge in [0.2, 0.25) is 0 Å².